The van der Waals surface area contributed by atoms with Gasteiger partial charge in [0.1, 0.15) is 0 Å². The molecule has 4 fully saturated rings. The molecule has 37 heavy (non-hydrogen) atoms. The summed E-state index contributed by atoms with van der Waals surface area (Å²) >= 11 is 0. The second kappa shape index (κ2) is 9.41. The smallest absolute Gasteiger partial charge is 0.169 e. The van der Waals surface area contributed by atoms with Crippen molar-refractivity contribution in [3.8, 4) is 11.8 Å². The first-order chi connectivity index (χ1) is 17.7. The Morgan fingerprint density at radius 2 is 1.78 bits per heavy atom. The minimum atomic E-state index is -0.384. The van der Waals surface area contributed by atoms with Crippen LogP contribution in [0.15, 0.2) is 48.1 Å². The molecule has 0 radical (unpaired) electrons. The third kappa shape index (κ3) is 4.44. The van der Waals surface area contributed by atoms with Gasteiger partial charge in [-0.2, -0.15) is 0 Å². The molecule has 0 aromatic heterocycles. The highest BCUT2D eigenvalue weighted by molar-refractivity contribution is 5.44. The topological polar surface area (TPSA) is 38.7 Å². The molecule has 3 saturated carbocycles. The standard InChI is InChI=1S/C34H44O3/c1-5-6-7-8-23-9-11-24(12-10-23)28-20-33(4)29(15-16-30(33)35)27-14-13-25-19-34(18-17-26(25)31(27)28)36-21-32(2,3)22-37-34/h5,9-12,25,27-30,35H,1,6,13-22H2,2-4H3. The van der Waals surface area contributed by atoms with Crippen LogP contribution in [-0.4, -0.2) is 30.2 Å². The van der Waals surface area contributed by atoms with Crippen molar-refractivity contribution in [2.24, 2.45) is 28.6 Å². The van der Waals surface area contributed by atoms with Crippen molar-refractivity contribution < 1.29 is 14.6 Å². The van der Waals surface area contributed by atoms with Gasteiger partial charge in [0.25, 0.3) is 0 Å². The van der Waals surface area contributed by atoms with E-state index >= 15 is 0 Å². The van der Waals surface area contributed by atoms with E-state index in [1.807, 2.05) is 6.08 Å². The molecule has 6 rings (SSSR count). The number of aliphatic hydroxyl groups is 1. The maximum Gasteiger partial charge on any atom is 0.169 e. The Bertz CT molecular complexity index is 1120. The third-order valence-electron chi connectivity index (χ3n) is 10.5. The summed E-state index contributed by atoms with van der Waals surface area (Å²) in [7, 11) is 0. The van der Waals surface area contributed by atoms with E-state index in [1.54, 1.807) is 11.1 Å². The summed E-state index contributed by atoms with van der Waals surface area (Å²) in [5.41, 5.74) is 6.01. The van der Waals surface area contributed by atoms with E-state index in [-0.39, 0.29) is 22.7 Å². The number of hydrogen-bond acceptors (Lipinski definition) is 3. The normalized spacial score (nSPS) is 37.7. The molecule has 1 spiro atoms. The fraction of sp³-hybridized carbons (Fsp3) is 0.647. The summed E-state index contributed by atoms with van der Waals surface area (Å²) in [5.74, 6) is 8.20. The molecule has 1 aromatic rings. The van der Waals surface area contributed by atoms with E-state index in [4.69, 9.17) is 9.47 Å². The molecular formula is C34H44O3. The van der Waals surface area contributed by atoms with Crippen molar-refractivity contribution in [3.05, 3.63) is 59.2 Å². The predicted octanol–water partition coefficient (Wildman–Crippen LogP) is 7.15. The fourth-order valence-corrected chi connectivity index (χ4v) is 8.52. The zero-order valence-electron chi connectivity index (χ0n) is 23.0. The maximum absolute atomic E-state index is 11.2. The van der Waals surface area contributed by atoms with Gasteiger partial charge in [0.15, 0.2) is 5.79 Å². The van der Waals surface area contributed by atoms with Gasteiger partial charge in [-0.1, -0.05) is 62.0 Å². The van der Waals surface area contributed by atoms with Gasteiger partial charge in [-0.25, -0.2) is 0 Å². The van der Waals surface area contributed by atoms with Crippen LogP contribution in [0, 0.1) is 40.4 Å². The van der Waals surface area contributed by atoms with Gasteiger partial charge >= 0.3 is 0 Å². The van der Waals surface area contributed by atoms with Crippen LogP contribution in [0.3, 0.4) is 0 Å². The van der Waals surface area contributed by atoms with Crippen LogP contribution in [-0.2, 0) is 9.47 Å². The number of fused-ring (bicyclic) bond motifs is 4. The summed E-state index contributed by atoms with van der Waals surface area (Å²) in [6.45, 7) is 12.2. The Morgan fingerprint density at radius 1 is 1.03 bits per heavy atom. The Balaban J connectivity index is 1.35. The Kier molecular flexibility index (Phi) is 6.46. The first-order valence-corrected chi connectivity index (χ1v) is 14.6. The molecule has 1 heterocycles. The lowest BCUT2D eigenvalue weighted by molar-refractivity contribution is -0.312. The number of ether oxygens (including phenoxy) is 2. The number of allylic oxidation sites excluding steroid dienone is 3. The van der Waals surface area contributed by atoms with Crippen LogP contribution >= 0.6 is 0 Å². The van der Waals surface area contributed by atoms with Crippen LogP contribution in [0.1, 0.15) is 95.6 Å². The highest BCUT2D eigenvalue weighted by atomic mass is 16.7. The quantitative estimate of drug-likeness (QED) is 0.346. The van der Waals surface area contributed by atoms with E-state index in [2.05, 4.69) is 63.5 Å². The number of aliphatic hydroxyl groups excluding tert-OH is 1. The zero-order chi connectivity index (χ0) is 25.8. The van der Waals surface area contributed by atoms with E-state index in [0.29, 0.717) is 30.1 Å². The molecule has 5 aliphatic rings. The first kappa shape index (κ1) is 25.4. The lowest BCUT2D eigenvalue weighted by atomic mass is 9.52. The number of benzene rings is 1. The molecule has 6 atom stereocenters. The van der Waals surface area contributed by atoms with E-state index < -0.39 is 0 Å². The van der Waals surface area contributed by atoms with E-state index in [9.17, 15) is 5.11 Å². The molecule has 4 aliphatic carbocycles. The van der Waals surface area contributed by atoms with E-state index in [1.165, 1.54) is 24.8 Å². The summed E-state index contributed by atoms with van der Waals surface area (Å²) in [5, 5.41) is 11.2. The Morgan fingerprint density at radius 3 is 2.51 bits per heavy atom. The van der Waals surface area contributed by atoms with Gasteiger partial charge in [0.2, 0.25) is 0 Å². The Labute approximate surface area is 223 Å². The van der Waals surface area contributed by atoms with E-state index in [0.717, 1.165) is 50.9 Å². The summed E-state index contributed by atoms with van der Waals surface area (Å²) in [4.78, 5) is 0. The molecule has 3 heteroatoms. The summed E-state index contributed by atoms with van der Waals surface area (Å²) in [6.07, 6.45) is 11.1. The fourth-order valence-electron chi connectivity index (χ4n) is 8.52. The minimum Gasteiger partial charge on any atom is -0.393 e. The van der Waals surface area contributed by atoms with Gasteiger partial charge in [-0.3, -0.25) is 0 Å². The molecule has 1 aliphatic heterocycles. The lowest BCUT2D eigenvalue weighted by Crippen LogP contribution is -2.52. The van der Waals surface area contributed by atoms with Crippen LogP contribution in [0.4, 0.5) is 0 Å². The highest BCUT2D eigenvalue weighted by Crippen LogP contribution is 2.64. The first-order valence-electron chi connectivity index (χ1n) is 14.6. The zero-order valence-corrected chi connectivity index (χ0v) is 23.0. The van der Waals surface area contributed by atoms with Crippen molar-refractivity contribution in [2.75, 3.05) is 13.2 Å². The highest BCUT2D eigenvalue weighted by Gasteiger charge is 2.57. The third-order valence-corrected chi connectivity index (χ3v) is 10.5. The van der Waals surface area contributed by atoms with Crippen LogP contribution in [0.25, 0.3) is 0 Å². The molecule has 6 unspecified atom stereocenters. The summed E-state index contributed by atoms with van der Waals surface area (Å²) < 4.78 is 12.9. The lowest BCUT2D eigenvalue weighted by Gasteiger charge is -2.55. The van der Waals surface area contributed by atoms with Crippen molar-refractivity contribution in [3.63, 3.8) is 0 Å². The number of rotatable bonds is 2. The van der Waals surface area contributed by atoms with Crippen molar-refractivity contribution in [2.45, 2.75) is 96.4 Å². The van der Waals surface area contributed by atoms with Gasteiger partial charge in [0, 0.05) is 36.2 Å². The summed E-state index contributed by atoms with van der Waals surface area (Å²) in [6, 6.07) is 8.99. The average molecular weight is 501 g/mol. The maximum atomic E-state index is 11.2. The van der Waals surface area contributed by atoms with Crippen LogP contribution in [0.2, 0.25) is 0 Å². The Hall–Kier alpha value is -1.86. The van der Waals surface area contributed by atoms with Gasteiger partial charge in [-0.15, -0.1) is 6.58 Å². The average Bonchev–Trinajstić information content (AvgIpc) is 3.20. The van der Waals surface area contributed by atoms with Crippen molar-refractivity contribution in [1.82, 2.24) is 0 Å². The second-order valence-electron chi connectivity index (χ2n) is 13.6. The molecule has 3 nitrogen and oxygen atoms in total. The van der Waals surface area contributed by atoms with Crippen LogP contribution in [0.5, 0.6) is 0 Å². The van der Waals surface area contributed by atoms with Crippen LogP contribution < -0.4 is 0 Å². The van der Waals surface area contributed by atoms with Crippen molar-refractivity contribution in [1.29, 1.82) is 0 Å². The SMILES string of the molecule is C=CCC#Cc1ccc(C2CC3(C)C(O)CCC3C3CCC4CC5(CCC4=C23)OCC(C)(C)CO5)cc1. The second-order valence-corrected chi connectivity index (χ2v) is 13.6. The minimum absolute atomic E-state index is 0.00569. The molecule has 0 amide bonds. The molecule has 1 saturated heterocycles. The predicted molar refractivity (Wildman–Crippen MR) is 148 cm³/mol. The largest absolute Gasteiger partial charge is 0.393 e. The molecule has 198 valence electrons. The molecule has 1 aromatic carbocycles. The van der Waals surface area contributed by atoms with Gasteiger partial charge in [-0.05, 0) is 79.4 Å². The molecular weight excluding hydrogens is 456 g/mol. The van der Waals surface area contributed by atoms with Gasteiger partial charge in [0.05, 0.1) is 19.3 Å². The monoisotopic (exact) mass is 500 g/mol. The molecule has 1 N–H and O–H groups in total. The van der Waals surface area contributed by atoms with Gasteiger partial charge < -0.3 is 14.6 Å². The number of hydrogen-bond donors (Lipinski definition) is 1. The van der Waals surface area contributed by atoms with Crippen molar-refractivity contribution >= 4 is 0 Å². The molecule has 0 bridgehead atoms.